The molecule has 0 spiro atoms. The first-order valence-corrected chi connectivity index (χ1v) is 7.88. The van der Waals surface area contributed by atoms with Crippen LogP contribution in [0.4, 0.5) is 8.78 Å². The van der Waals surface area contributed by atoms with E-state index in [1.54, 1.807) is 18.2 Å². The molecule has 0 unspecified atom stereocenters. The van der Waals surface area contributed by atoms with E-state index in [4.69, 9.17) is 23.2 Å². The Balaban J connectivity index is 1.78. The highest BCUT2D eigenvalue weighted by Crippen LogP contribution is 2.23. The van der Waals surface area contributed by atoms with Gasteiger partial charge in [-0.05, 0) is 54.6 Å². The van der Waals surface area contributed by atoms with Crippen molar-refractivity contribution < 1.29 is 13.6 Å². The van der Waals surface area contributed by atoms with Crippen LogP contribution in [-0.2, 0) is 0 Å². The van der Waals surface area contributed by atoms with Gasteiger partial charge in [0.2, 0.25) is 0 Å². The molecule has 0 aliphatic rings. The Labute approximate surface area is 151 Å². The minimum absolute atomic E-state index is 0.262. The maximum absolute atomic E-state index is 13.3. The van der Waals surface area contributed by atoms with E-state index in [1.165, 1.54) is 24.3 Å². The molecule has 3 nitrogen and oxygen atoms in total. The quantitative estimate of drug-likeness (QED) is 0.477. The van der Waals surface area contributed by atoms with Crippen LogP contribution in [-0.4, -0.2) is 16.0 Å². The number of ketones is 1. The van der Waals surface area contributed by atoms with Crippen LogP contribution in [0.3, 0.4) is 0 Å². The summed E-state index contributed by atoms with van der Waals surface area (Å²) in [6.45, 7) is 0. The standard InChI is InChI=1S/C18H10Cl2F2N2O/c19-13-4-1-11(7-14(13)20)18(25)6-3-12-9-17(24-23-12)10-2-5-15(21)16(22)8-10/h1-9H,(H,23,24). The SMILES string of the molecule is O=C(C=Cc1cc(-c2ccc(F)c(F)c2)n[nH]1)c1ccc(Cl)c(Cl)c1. The minimum atomic E-state index is -0.951. The van der Waals surface area contributed by atoms with Gasteiger partial charge in [0.05, 0.1) is 21.4 Å². The first kappa shape index (κ1) is 17.3. The smallest absolute Gasteiger partial charge is 0.185 e. The Morgan fingerprint density at radius 1 is 1.00 bits per heavy atom. The number of rotatable bonds is 4. The third-order valence-corrected chi connectivity index (χ3v) is 4.17. The van der Waals surface area contributed by atoms with Crippen LogP contribution in [0.5, 0.6) is 0 Å². The zero-order chi connectivity index (χ0) is 18.0. The lowest BCUT2D eigenvalue weighted by molar-refractivity contribution is 0.104. The number of hydrogen-bond donors (Lipinski definition) is 1. The number of carbonyl (C=O) groups excluding carboxylic acids is 1. The van der Waals surface area contributed by atoms with Crippen molar-refractivity contribution in [1.82, 2.24) is 10.2 Å². The number of halogens is 4. The van der Waals surface area contributed by atoms with Crippen molar-refractivity contribution in [2.24, 2.45) is 0 Å². The summed E-state index contributed by atoms with van der Waals surface area (Å²) in [5.74, 6) is -2.14. The maximum atomic E-state index is 13.3. The summed E-state index contributed by atoms with van der Waals surface area (Å²) in [6.07, 6.45) is 2.88. The first-order valence-electron chi connectivity index (χ1n) is 7.12. The van der Waals surface area contributed by atoms with Crippen molar-refractivity contribution in [2.45, 2.75) is 0 Å². The molecule has 126 valence electrons. The number of aromatic nitrogens is 2. The molecule has 1 N–H and O–H groups in total. The zero-order valence-corrected chi connectivity index (χ0v) is 14.1. The monoisotopic (exact) mass is 378 g/mol. The number of hydrogen-bond acceptors (Lipinski definition) is 2. The summed E-state index contributed by atoms with van der Waals surface area (Å²) in [5.41, 5.74) is 1.78. The fraction of sp³-hybridized carbons (Fsp3) is 0. The molecule has 0 saturated heterocycles. The predicted octanol–water partition coefficient (Wildman–Crippen LogP) is 5.56. The number of nitrogens with zero attached hydrogens (tertiary/aromatic N) is 1. The Kier molecular flexibility index (Phi) is 4.97. The van der Waals surface area contributed by atoms with Crippen LogP contribution in [0.2, 0.25) is 10.0 Å². The highest BCUT2D eigenvalue weighted by molar-refractivity contribution is 6.42. The normalized spacial score (nSPS) is 11.2. The van der Waals surface area contributed by atoms with Crippen molar-refractivity contribution in [3.05, 3.63) is 81.5 Å². The summed E-state index contributed by atoms with van der Waals surface area (Å²) in [5, 5.41) is 7.39. The van der Waals surface area contributed by atoms with Crippen molar-refractivity contribution in [2.75, 3.05) is 0 Å². The third kappa shape index (κ3) is 3.95. The van der Waals surface area contributed by atoms with Crippen LogP contribution in [0.15, 0.2) is 48.5 Å². The van der Waals surface area contributed by atoms with E-state index in [2.05, 4.69) is 10.2 Å². The molecular weight excluding hydrogens is 369 g/mol. The molecule has 2 aromatic carbocycles. The minimum Gasteiger partial charge on any atom is -0.289 e. The van der Waals surface area contributed by atoms with Crippen molar-refractivity contribution >= 4 is 35.1 Å². The lowest BCUT2D eigenvalue weighted by Crippen LogP contribution is -1.93. The third-order valence-electron chi connectivity index (χ3n) is 3.43. The number of nitrogens with one attached hydrogen (secondary N) is 1. The van der Waals surface area contributed by atoms with E-state index in [0.29, 0.717) is 32.6 Å². The second-order valence-corrected chi connectivity index (χ2v) is 5.98. The summed E-state index contributed by atoms with van der Waals surface area (Å²) >= 11 is 11.7. The number of aromatic amines is 1. The highest BCUT2D eigenvalue weighted by atomic mass is 35.5. The molecule has 0 atom stereocenters. The zero-order valence-electron chi connectivity index (χ0n) is 12.6. The molecule has 0 saturated carbocycles. The lowest BCUT2D eigenvalue weighted by Gasteiger charge is -1.98. The molecule has 7 heteroatoms. The van der Waals surface area contributed by atoms with E-state index in [0.717, 1.165) is 12.1 Å². The van der Waals surface area contributed by atoms with Crippen molar-refractivity contribution in [3.63, 3.8) is 0 Å². The highest BCUT2D eigenvalue weighted by Gasteiger charge is 2.08. The fourth-order valence-corrected chi connectivity index (χ4v) is 2.43. The van der Waals surface area contributed by atoms with Crippen LogP contribution in [0.1, 0.15) is 16.1 Å². The van der Waals surface area contributed by atoms with Gasteiger partial charge in [0.25, 0.3) is 0 Å². The molecule has 0 aliphatic heterocycles. The summed E-state index contributed by atoms with van der Waals surface area (Å²) < 4.78 is 26.3. The van der Waals surface area contributed by atoms with E-state index in [9.17, 15) is 13.6 Å². The van der Waals surface area contributed by atoms with Crippen LogP contribution in [0, 0.1) is 11.6 Å². The molecule has 0 fully saturated rings. The van der Waals surface area contributed by atoms with Gasteiger partial charge in [-0.3, -0.25) is 9.89 Å². The summed E-state index contributed by atoms with van der Waals surface area (Å²) in [4.78, 5) is 12.1. The molecule has 1 aromatic heterocycles. The second-order valence-electron chi connectivity index (χ2n) is 5.16. The van der Waals surface area contributed by atoms with Crippen LogP contribution < -0.4 is 0 Å². The van der Waals surface area contributed by atoms with Gasteiger partial charge in [-0.15, -0.1) is 0 Å². The first-order chi connectivity index (χ1) is 11.9. The largest absolute Gasteiger partial charge is 0.289 e. The molecule has 3 rings (SSSR count). The van der Waals surface area contributed by atoms with Gasteiger partial charge in [-0.2, -0.15) is 5.10 Å². The Hall–Kier alpha value is -2.50. The van der Waals surface area contributed by atoms with Gasteiger partial charge in [-0.25, -0.2) is 8.78 Å². The van der Waals surface area contributed by atoms with Crippen LogP contribution in [0.25, 0.3) is 17.3 Å². The topological polar surface area (TPSA) is 45.8 Å². The van der Waals surface area contributed by atoms with Gasteiger partial charge in [0.1, 0.15) is 0 Å². The summed E-state index contributed by atoms with van der Waals surface area (Å²) in [6, 6.07) is 9.72. The van der Waals surface area contributed by atoms with E-state index in [1.807, 2.05) is 0 Å². The number of carbonyl (C=O) groups is 1. The molecule has 0 bridgehead atoms. The average molecular weight is 379 g/mol. The van der Waals surface area contributed by atoms with E-state index < -0.39 is 11.6 Å². The fourth-order valence-electron chi connectivity index (χ4n) is 2.14. The van der Waals surface area contributed by atoms with Gasteiger partial charge >= 0.3 is 0 Å². The maximum Gasteiger partial charge on any atom is 0.185 e. The predicted molar refractivity (Wildman–Crippen MR) is 93.8 cm³/mol. The van der Waals surface area contributed by atoms with Crippen LogP contribution >= 0.6 is 23.2 Å². The Morgan fingerprint density at radius 3 is 2.52 bits per heavy atom. The van der Waals surface area contributed by atoms with E-state index >= 15 is 0 Å². The Bertz CT molecular complexity index is 983. The second kappa shape index (κ2) is 7.17. The Morgan fingerprint density at radius 2 is 1.80 bits per heavy atom. The summed E-state index contributed by atoms with van der Waals surface area (Å²) in [7, 11) is 0. The molecule has 0 amide bonds. The molecule has 0 radical (unpaired) electrons. The number of H-pyrrole nitrogens is 1. The van der Waals surface area contributed by atoms with Gasteiger partial charge < -0.3 is 0 Å². The van der Waals surface area contributed by atoms with Crippen molar-refractivity contribution in [1.29, 1.82) is 0 Å². The molecule has 25 heavy (non-hydrogen) atoms. The van der Waals surface area contributed by atoms with Gasteiger partial charge in [-0.1, -0.05) is 23.2 Å². The lowest BCUT2D eigenvalue weighted by atomic mass is 10.1. The van der Waals surface area contributed by atoms with Gasteiger partial charge in [0, 0.05) is 11.1 Å². The molecular formula is C18H10Cl2F2N2O. The number of benzene rings is 2. The van der Waals surface area contributed by atoms with Gasteiger partial charge in [0.15, 0.2) is 17.4 Å². The number of allylic oxidation sites excluding steroid dienone is 1. The average Bonchev–Trinajstić information content (AvgIpc) is 3.06. The van der Waals surface area contributed by atoms with Crippen molar-refractivity contribution in [3.8, 4) is 11.3 Å². The molecule has 3 aromatic rings. The molecule has 0 aliphatic carbocycles. The van der Waals surface area contributed by atoms with E-state index in [-0.39, 0.29) is 5.78 Å². The molecule has 1 heterocycles.